The molecule has 1 fully saturated rings. The maximum Gasteiger partial charge on any atom is 0.433 e. The molecule has 1 N–H and O–H groups in total. The SMILES string of the molecule is Cn1nc(-c2ccc(CNCC3CCCO3)s2)cc1C(F)(F)F. The molecule has 8 heteroatoms. The van der Waals surface area contributed by atoms with E-state index in [-0.39, 0.29) is 6.10 Å². The summed E-state index contributed by atoms with van der Waals surface area (Å²) in [5, 5.41) is 7.30. The van der Waals surface area contributed by atoms with Crippen LogP contribution in [0.5, 0.6) is 0 Å². The third-order valence-corrected chi connectivity index (χ3v) is 4.89. The average molecular weight is 345 g/mol. The van der Waals surface area contributed by atoms with E-state index in [0.717, 1.165) is 46.5 Å². The van der Waals surface area contributed by atoms with Crippen molar-refractivity contribution in [3.8, 4) is 10.6 Å². The first-order chi connectivity index (χ1) is 10.9. The van der Waals surface area contributed by atoms with Gasteiger partial charge in [-0.25, -0.2) is 0 Å². The van der Waals surface area contributed by atoms with Gasteiger partial charge in [0.1, 0.15) is 11.4 Å². The Labute approximate surface area is 136 Å². The van der Waals surface area contributed by atoms with Crippen molar-refractivity contribution in [3.05, 3.63) is 28.8 Å². The number of ether oxygens (including phenoxy) is 1. The standard InChI is InChI=1S/C15H18F3N3OS/c1-21-14(15(16,17)18)7-12(20-21)13-5-4-11(23-13)9-19-8-10-3-2-6-22-10/h4-5,7,10,19H,2-3,6,8-9H2,1H3. The molecule has 3 rings (SSSR count). The Kier molecular flexibility index (Phi) is 4.74. The topological polar surface area (TPSA) is 39.1 Å². The van der Waals surface area contributed by atoms with Crippen molar-refractivity contribution >= 4 is 11.3 Å². The monoisotopic (exact) mass is 345 g/mol. The van der Waals surface area contributed by atoms with Gasteiger partial charge in [-0.15, -0.1) is 11.3 Å². The number of aryl methyl sites for hydroxylation is 1. The van der Waals surface area contributed by atoms with Gasteiger partial charge in [-0.05, 0) is 31.0 Å². The fourth-order valence-corrected chi connectivity index (χ4v) is 3.56. The maximum absolute atomic E-state index is 12.8. The predicted molar refractivity (Wildman–Crippen MR) is 82.2 cm³/mol. The molecule has 0 aliphatic carbocycles. The third kappa shape index (κ3) is 3.94. The lowest BCUT2D eigenvalue weighted by Gasteiger charge is -2.09. The first-order valence-electron chi connectivity index (χ1n) is 7.46. The molecule has 0 bridgehead atoms. The van der Waals surface area contributed by atoms with Crippen LogP contribution in [0.1, 0.15) is 23.4 Å². The number of nitrogens with zero attached hydrogens (tertiary/aromatic N) is 2. The summed E-state index contributed by atoms with van der Waals surface area (Å²) in [6.07, 6.45) is -1.92. The van der Waals surface area contributed by atoms with Gasteiger partial charge < -0.3 is 10.1 Å². The Balaban J connectivity index is 1.62. The van der Waals surface area contributed by atoms with Gasteiger partial charge in [-0.3, -0.25) is 4.68 Å². The van der Waals surface area contributed by atoms with Crippen LogP contribution in [0.15, 0.2) is 18.2 Å². The van der Waals surface area contributed by atoms with Crippen LogP contribution >= 0.6 is 11.3 Å². The maximum atomic E-state index is 12.8. The van der Waals surface area contributed by atoms with E-state index in [1.54, 1.807) is 0 Å². The Bertz CT molecular complexity index is 659. The largest absolute Gasteiger partial charge is 0.433 e. The third-order valence-electron chi connectivity index (χ3n) is 3.78. The van der Waals surface area contributed by atoms with Gasteiger partial charge >= 0.3 is 6.18 Å². The van der Waals surface area contributed by atoms with Crippen molar-refractivity contribution in [1.82, 2.24) is 15.1 Å². The van der Waals surface area contributed by atoms with E-state index in [1.807, 2.05) is 12.1 Å². The van der Waals surface area contributed by atoms with Gasteiger partial charge in [0, 0.05) is 31.6 Å². The number of halogens is 3. The first kappa shape index (κ1) is 16.5. The Morgan fingerprint density at radius 1 is 1.43 bits per heavy atom. The number of nitrogens with one attached hydrogen (secondary N) is 1. The normalized spacial score (nSPS) is 18.7. The molecule has 2 aromatic heterocycles. The molecule has 0 spiro atoms. The van der Waals surface area contributed by atoms with Crippen molar-refractivity contribution in [2.45, 2.75) is 31.7 Å². The first-order valence-corrected chi connectivity index (χ1v) is 8.28. The summed E-state index contributed by atoms with van der Waals surface area (Å²) in [6, 6.07) is 4.83. The highest BCUT2D eigenvalue weighted by atomic mass is 32.1. The molecule has 0 amide bonds. The number of alkyl halides is 3. The summed E-state index contributed by atoms with van der Waals surface area (Å²) >= 11 is 1.45. The highest BCUT2D eigenvalue weighted by Crippen LogP contribution is 2.34. The molecular formula is C15H18F3N3OS. The molecule has 126 valence electrons. The fraction of sp³-hybridized carbons (Fsp3) is 0.533. The molecule has 23 heavy (non-hydrogen) atoms. The zero-order valence-corrected chi connectivity index (χ0v) is 13.5. The summed E-state index contributed by atoms with van der Waals surface area (Å²) in [6.45, 7) is 2.31. The van der Waals surface area contributed by atoms with Gasteiger partial charge in [0.05, 0.1) is 11.0 Å². The van der Waals surface area contributed by atoms with Crippen LogP contribution < -0.4 is 5.32 Å². The molecule has 1 atom stereocenters. The van der Waals surface area contributed by atoms with E-state index in [0.29, 0.717) is 12.2 Å². The van der Waals surface area contributed by atoms with Crippen LogP contribution in [-0.2, 0) is 24.5 Å². The van der Waals surface area contributed by atoms with Gasteiger partial charge in [0.15, 0.2) is 0 Å². The van der Waals surface area contributed by atoms with E-state index in [1.165, 1.54) is 18.4 Å². The summed E-state index contributed by atoms with van der Waals surface area (Å²) < 4.78 is 44.9. The summed E-state index contributed by atoms with van der Waals surface area (Å²) in [5.41, 5.74) is -0.380. The Morgan fingerprint density at radius 2 is 2.26 bits per heavy atom. The van der Waals surface area contributed by atoms with Crippen LogP contribution in [0.3, 0.4) is 0 Å². The molecule has 4 nitrogen and oxygen atoms in total. The van der Waals surface area contributed by atoms with Gasteiger partial charge in [0.25, 0.3) is 0 Å². The van der Waals surface area contributed by atoms with E-state index in [9.17, 15) is 13.2 Å². The van der Waals surface area contributed by atoms with Crippen molar-refractivity contribution in [1.29, 1.82) is 0 Å². The second-order valence-electron chi connectivity index (χ2n) is 5.57. The molecule has 0 saturated carbocycles. The van der Waals surface area contributed by atoms with Crippen LogP contribution in [0.2, 0.25) is 0 Å². The predicted octanol–water partition coefficient (Wildman–Crippen LogP) is 3.44. The molecule has 0 aromatic carbocycles. The van der Waals surface area contributed by atoms with E-state index in [4.69, 9.17) is 4.74 Å². The summed E-state index contributed by atoms with van der Waals surface area (Å²) in [4.78, 5) is 1.81. The number of hydrogen-bond acceptors (Lipinski definition) is 4. The zero-order chi connectivity index (χ0) is 16.4. The zero-order valence-electron chi connectivity index (χ0n) is 12.7. The smallest absolute Gasteiger partial charge is 0.377 e. The van der Waals surface area contributed by atoms with Crippen molar-refractivity contribution in [3.63, 3.8) is 0 Å². The lowest BCUT2D eigenvalue weighted by molar-refractivity contribution is -0.143. The van der Waals surface area contributed by atoms with Crippen LogP contribution in [0.25, 0.3) is 10.6 Å². The number of rotatable bonds is 5. The molecule has 1 saturated heterocycles. The lowest BCUT2D eigenvalue weighted by atomic mass is 10.2. The van der Waals surface area contributed by atoms with Crippen molar-refractivity contribution < 1.29 is 17.9 Å². The van der Waals surface area contributed by atoms with Gasteiger partial charge in [0.2, 0.25) is 0 Å². The molecule has 3 heterocycles. The molecule has 2 aromatic rings. The van der Waals surface area contributed by atoms with Crippen molar-refractivity contribution in [2.75, 3.05) is 13.2 Å². The van der Waals surface area contributed by atoms with E-state index >= 15 is 0 Å². The Hall–Kier alpha value is -1.38. The molecular weight excluding hydrogens is 327 g/mol. The lowest BCUT2D eigenvalue weighted by Crippen LogP contribution is -2.25. The quantitative estimate of drug-likeness (QED) is 0.902. The van der Waals surface area contributed by atoms with E-state index < -0.39 is 11.9 Å². The molecule has 1 unspecified atom stereocenters. The minimum atomic E-state index is -4.39. The summed E-state index contributed by atoms with van der Waals surface area (Å²) in [5.74, 6) is 0. The van der Waals surface area contributed by atoms with Crippen molar-refractivity contribution in [2.24, 2.45) is 7.05 Å². The molecule has 1 aliphatic rings. The fourth-order valence-electron chi connectivity index (χ4n) is 2.63. The van der Waals surface area contributed by atoms with Gasteiger partial charge in [-0.2, -0.15) is 18.3 Å². The highest BCUT2D eigenvalue weighted by molar-refractivity contribution is 7.15. The second-order valence-corrected chi connectivity index (χ2v) is 6.74. The Morgan fingerprint density at radius 3 is 2.91 bits per heavy atom. The van der Waals surface area contributed by atoms with Crippen LogP contribution in [-0.4, -0.2) is 29.0 Å². The minimum absolute atomic E-state index is 0.277. The van der Waals surface area contributed by atoms with Crippen LogP contribution in [0.4, 0.5) is 13.2 Å². The average Bonchev–Trinajstić information content (AvgIpc) is 3.17. The number of hydrogen-bond donors (Lipinski definition) is 1. The molecule has 0 radical (unpaired) electrons. The minimum Gasteiger partial charge on any atom is -0.377 e. The number of thiophene rings is 1. The van der Waals surface area contributed by atoms with Gasteiger partial charge in [-0.1, -0.05) is 0 Å². The number of aromatic nitrogens is 2. The summed E-state index contributed by atoms with van der Waals surface area (Å²) in [7, 11) is 1.31. The van der Waals surface area contributed by atoms with E-state index in [2.05, 4.69) is 10.4 Å². The highest BCUT2D eigenvalue weighted by Gasteiger charge is 2.35. The second kappa shape index (κ2) is 6.62. The van der Waals surface area contributed by atoms with Crippen LogP contribution in [0, 0.1) is 0 Å². The molecule has 1 aliphatic heterocycles.